The van der Waals surface area contributed by atoms with Crippen LogP contribution in [-0.2, 0) is 11.3 Å². The van der Waals surface area contributed by atoms with Gasteiger partial charge in [-0.05, 0) is 30.7 Å². The Morgan fingerprint density at radius 2 is 1.94 bits per heavy atom. The number of amides is 2. The van der Waals surface area contributed by atoms with Crippen LogP contribution in [0.3, 0.4) is 0 Å². The molecule has 0 spiro atoms. The van der Waals surface area contributed by atoms with Crippen LogP contribution in [0.25, 0.3) is 0 Å². The first kappa shape index (κ1) is 23.1. The minimum atomic E-state index is -0.545. The Morgan fingerprint density at radius 3 is 2.55 bits per heavy atom. The number of furan rings is 1. The summed E-state index contributed by atoms with van der Waals surface area (Å²) in [5.74, 6) is 1.95. The maximum Gasteiger partial charge on any atom is 0.255 e. The summed E-state index contributed by atoms with van der Waals surface area (Å²) < 4.78 is 15.9. The van der Waals surface area contributed by atoms with Crippen LogP contribution in [0.1, 0.15) is 48.7 Å². The standard InChI is InChI=1S/C23H30N2O5S/c1-4-5-6-9-21-25(23(27)16-11-18(28-2)13-19(12-16)29-3)20(15-31-21)22(26)24-14-17-8-7-10-30-17/h7-8,10-13,20-21H,4-6,9,14-15H2,1-3H3,(H,24,26). The summed E-state index contributed by atoms with van der Waals surface area (Å²) in [4.78, 5) is 28.3. The molecule has 7 nitrogen and oxygen atoms in total. The largest absolute Gasteiger partial charge is 0.497 e. The van der Waals surface area contributed by atoms with Crippen molar-refractivity contribution in [3.8, 4) is 11.5 Å². The van der Waals surface area contributed by atoms with Crippen LogP contribution in [0.15, 0.2) is 41.0 Å². The van der Waals surface area contributed by atoms with Crippen LogP contribution in [0.5, 0.6) is 11.5 Å². The summed E-state index contributed by atoms with van der Waals surface area (Å²) in [6.45, 7) is 2.45. The van der Waals surface area contributed by atoms with E-state index in [9.17, 15) is 9.59 Å². The molecule has 0 aliphatic carbocycles. The Morgan fingerprint density at radius 1 is 1.19 bits per heavy atom. The predicted octanol–water partition coefficient (Wildman–Crippen LogP) is 4.08. The van der Waals surface area contributed by atoms with Crippen molar-refractivity contribution in [2.24, 2.45) is 0 Å². The number of nitrogens with zero attached hydrogens (tertiary/aromatic N) is 1. The molecule has 1 aromatic carbocycles. The summed E-state index contributed by atoms with van der Waals surface area (Å²) in [5, 5.41) is 2.86. The van der Waals surface area contributed by atoms with Gasteiger partial charge in [0.1, 0.15) is 23.3 Å². The predicted molar refractivity (Wildman–Crippen MR) is 120 cm³/mol. The molecule has 31 heavy (non-hydrogen) atoms. The lowest BCUT2D eigenvalue weighted by Gasteiger charge is -2.29. The Kier molecular flexibility index (Phi) is 8.28. The number of carbonyl (C=O) groups is 2. The zero-order valence-corrected chi connectivity index (χ0v) is 19.1. The van der Waals surface area contributed by atoms with Gasteiger partial charge in [-0.25, -0.2) is 0 Å². The van der Waals surface area contributed by atoms with E-state index in [0.717, 1.165) is 25.7 Å². The fourth-order valence-corrected chi connectivity index (χ4v) is 5.07. The molecule has 0 radical (unpaired) electrons. The second-order valence-corrected chi connectivity index (χ2v) is 8.62. The number of ether oxygens (including phenoxy) is 2. The van der Waals surface area contributed by atoms with Gasteiger partial charge >= 0.3 is 0 Å². The highest BCUT2D eigenvalue weighted by molar-refractivity contribution is 8.00. The van der Waals surface area contributed by atoms with Gasteiger partial charge < -0.3 is 24.1 Å². The lowest BCUT2D eigenvalue weighted by atomic mass is 10.1. The Hall–Kier alpha value is -2.61. The van der Waals surface area contributed by atoms with Gasteiger partial charge in [-0.1, -0.05) is 26.2 Å². The molecule has 1 aliphatic heterocycles. The highest BCUT2D eigenvalue weighted by Gasteiger charge is 2.41. The van der Waals surface area contributed by atoms with Crippen molar-refractivity contribution in [2.45, 2.75) is 50.6 Å². The highest BCUT2D eigenvalue weighted by Crippen LogP contribution is 2.35. The van der Waals surface area contributed by atoms with E-state index in [1.165, 1.54) is 0 Å². The van der Waals surface area contributed by atoms with Crippen LogP contribution in [-0.4, -0.2) is 48.1 Å². The highest BCUT2D eigenvalue weighted by atomic mass is 32.2. The van der Waals surface area contributed by atoms with Crippen molar-refractivity contribution in [1.29, 1.82) is 0 Å². The van der Waals surface area contributed by atoms with Crippen LogP contribution >= 0.6 is 11.8 Å². The number of methoxy groups -OCH3 is 2. The first-order chi connectivity index (χ1) is 15.1. The third kappa shape index (κ3) is 5.76. The summed E-state index contributed by atoms with van der Waals surface area (Å²) in [5.41, 5.74) is 0.447. The average molecular weight is 447 g/mol. The number of benzene rings is 1. The fourth-order valence-electron chi connectivity index (χ4n) is 3.61. The van der Waals surface area contributed by atoms with Crippen LogP contribution in [0.2, 0.25) is 0 Å². The number of rotatable bonds is 10. The monoisotopic (exact) mass is 446 g/mol. The number of thioether (sulfide) groups is 1. The van der Waals surface area contributed by atoms with Crippen LogP contribution < -0.4 is 14.8 Å². The number of hydrogen-bond acceptors (Lipinski definition) is 6. The maximum absolute atomic E-state index is 13.6. The van der Waals surface area contributed by atoms with E-state index in [1.54, 1.807) is 61.4 Å². The minimum Gasteiger partial charge on any atom is -0.497 e. The van der Waals surface area contributed by atoms with E-state index in [1.807, 2.05) is 6.07 Å². The molecule has 1 saturated heterocycles. The summed E-state index contributed by atoms with van der Waals surface area (Å²) in [6.07, 6.45) is 5.64. The molecule has 2 aromatic rings. The smallest absolute Gasteiger partial charge is 0.255 e. The SMILES string of the molecule is CCCCCC1SCC(C(=O)NCc2ccco2)N1C(=O)c1cc(OC)cc(OC)c1. The maximum atomic E-state index is 13.6. The number of carbonyl (C=O) groups excluding carboxylic acids is 2. The molecule has 0 saturated carbocycles. The first-order valence-electron chi connectivity index (χ1n) is 10.5. The third-order valence-corrected chi connectivity index (χ3v) is 6.66. The van der Waals surface area contributed by atoms with Crippen molar-refractivity contribution >= 4 is 23.6 Å². The van der Waals surface area contributed by atoms with Crippen molar-refractivity contribution in [3.05, 3.63) is 47.9 Å². The lowest BCUT2D eigenvalue weighted by Crippen LogP contribution is -2.49. The summed E-state index contributed by atoms with van der Waals surface area (Å²) >= 11 is 1.66. The molecule has 1 N–H and O–H groups in total. The lowest BCUT2D eigenvalue weighted by molar-refractivity contribution is -0.125. The fraction of sp³-hybridized carbons (Fsp3) is 0.478. The third-order valence-electron chi connectivity index (χ3n) is 5.30. The zero-order valence-electron chi connectivity index (χ0n) is 18.3. The van der Waals surface area contributed by atoms with E-state index < -0.39 is 6.04 Å². The average Bonchev–Trinajstić information content (AvgIpc) is 3.46. The normalized spacial score (nSPS) is 18.1. The van der Waals surface area contributed by atoms with Crippen molar-refractivity contribution in [2.75, 3.05) is 20.0 Å². The van der Waals surface area contributed by atoms with Gasteiger partial charge in [0.15, 0.2) is 0 Å². The van der Waals surface area contributed by atoms with Gasteiger partial charge in [-0.3, -0.25) is 9.59 Å². The first-order valence-corrected chi connectivity index (χ1v) is 11.6. The van der Waals surface area contributed by atoms with E-state index >= 15 is 0 Å². The number of hydrogen-bond donors (Lipinski definition) is 1. The van der Waals surface area contributed by atoms with Gasteiger partial charge in [0.05, 0.1) is 32.4 Å². The molecule has 0 bridgehead atoms. The molecule has 8 heteroatoms. The second kappa shape index (κ2) is 11.1. The molecule has 2 amide bonds. The second-order valence-electron chi connectivity index (χ2n) is 7.41. The van der Waals surface area contributed by atoms with Crippen LogP contribution in [0.4, 0.5) is 0 Å². The summed E-state index contributed by atoms with van der Waals surface area (Å²) in [7, 11) is 3.10. The molecule has 1 fully saturated rings. The molecule has 2 unspecified atom stereocenters. The van der Waals surface area contributed by atoms with Crippen molar-refractivity contribution < 1.29 is 23.5 Å². The van der Waals surface area contributed by atoms with Gasteiger partial charge in [0.25, 0.3) is 5.91 Å². The molecular weight excluding hydrogens is 416 g/mol. The number of unbranched alkanes of at least 4 members (excludes halogenated alkanes) is 2. The van der Waals surface area contributed by atoms with E-state index in [0.29, 0.717) is 35.1 Å². The molecule has 168 valence electrons. The van der Waals surface area contributed by atoms with E-state index in [2.05, 4.69) is 12.2 Å². The number of nitrogens with one attached hydrogen (secondary N) is 1. The van der Waals surface area contributed by atoms with Gasteiger partial charge in [-0.2, -0.15) is 0 Å². The Labute approximate surface area is 187 Å². The summed E-state index contributed by atoms with van der Waals surface area (Å²) in [6, 6.07) is 8.15. The quantitative estimate of drug-likeness (QED) is 0.554. The van der Waals surface area contributed by atoms with E-state index in [-0.39, 0.29) is 17.2 Å². The van der Waals surface area contributed by atoms with Gasteiger partial charge in [0.2, 0.25) is 5.91 Å². The van der Waals surface area contributed by atoms with Crippen molar-refractivity contribution in [3.63, 3.8) is 0 Å². The minimum absolute atomic E-state index is 0.0457. The molecule has 1 aliphatic rings. The molecular formula is C23H30N2O5S. The molecule has 2 heterocycles. The van der Waals surface area contributed by atoms with Crippen molar-refractivity contribution in [1.82, 2.24) is 10.2 Å². The van der Waals surface area contributed by atoms with Gasteiger partial charge in [0, 0.05) is 17.4 Å². The van der Waals surface area contributed by atoms with Gasteiger partial charge in [-0.15, -0.1) is 11.8 Å². The molecule has 3 rings (SSSR count). The zero-order chi connectivity index (χ0) is 22.2. The Balaban J connectivity index is 1.82. The molecule has 2 atom stereocenters. The Bertz CT molecular complexity index is 849. The van der Waals surface area contributed by atoms with Crippen LogP contribution in [0, 0.1) is 0 Å². The van der Waals surface area contributed by atoms with E-state index in [4.69, 9.17) is 13.9 Å². The topological polar surface area (TPSA) is 81.0 Å². The molecule has 1 aromatic heterocycles.